The molecule has 0 aliphatic carbocycles. The van der Waals surface area contributed by atoms with Crippen molar-refractivity contribution in [2.75, 3.05) is 26.2 Å². The van der Waals surface area contributed by atoms with Crippen molar-refractivity contribution < 1.29 is 36.6 Å². The highest BCUT2D eigenvalue weighted by Crippen LogP contribution is 2.42. The highest BCUT2D eigenvalue weighted by atomic mass is 19.4. The molecule has 170 valence electrons. The number of amides is 2. The number of ether oxygens (including phenoxy) is 2. The van der Waals surface area contributed by atoms with Gasteiger partial charge in [-0.25, -0.2) is 9.18 Å². The fourth-order valence-corrected chi connectivity index (χ4v) is 3.91. The maximum atomic E-state index is 14.2. The van der Waals surface area contributed by atoms with Crippen LogP contribution in [0.1, 0.15) is 29.2 Å². The van der Waals surface area contributed by atoms with E-state index in [2.05, 4.69) is 0 Å². The number of halogens is 4. The van der Waals surface area contributed by atoms with Crippen LogP contribution in [0.2, 0.25) is 0 Å². The average molecular weight is 452 g/mol. The molecule has 2 aromatic carbocycles. The monoisotopic (exact) mass is 452 g/mol. The zero-order valence-corrected chi connectivity index (χ0v) is 16.9. The Morgan fingerprint density at radius 2 is 1.91 bits per heavy atom. The van der Waals surface area contributed by atoms with Crippen LogP contribution in [0.3, 0.4) is 0 Å². The Balaban J connectivity index is 1.44. The molecular weight excluding hydrogens is 432 g/mol. The Hall–Kier alpha value is -3.30. The first-order valence-electron chi connectivity index (χ1n) is 10.0. The second-order valence-corrected chi connectivity index (χ2v) is 7.57. The summed E-state index contributed by atoms with van der Waals surface area (Å²) in [6.45, 7) is 0.264. The van der Waals surface area contributed by atoms with E-state index >= 15 is 0 Å². The lowest BCUT2D eigenvalue weighted by Gasteiger charge is -2.40. The Kier molecular flexibility index (Phi) is 5.94. The van der Waals surface area contributed by atoms with Crippen molar-refractivity contribution in [1.29, 1.82) is 0 Å². The van der Waals surface area contributed by atoms with Crippen LogP contribution >= 0.6 is 0 Å². The van der Waals surface area contributed by atoms with Crippen molar-refractivity contribution in [2.24, 2.45) is 0 Å². The Labute approximate surface area is 181 Å². The lowest BCUT2D eigenvalue weighted by Crippen LogP contribution is -2.53. The highest BCUT2D eigenvalue weighted by Gasteiger charge is 2.39. The van der Waals surface area contributed by atoms with Gasteiger partial charge in [0.05, 0.1) is 18.2 Å². The van der Waals surface area contributed by atoms with Gasteiger partial charge in [-0.3, -0.25) is 9.69 Å². The van der Waals surface area contributed by atoms with Crippen molar-refractivity contribution in [3.63, 3.8) is 0 Å². The van der Waals surface area contributed by atoms with Crippen LogP contribution in [-0.4, -0.2) is 48.0 Å². The van der Waals surface area contributed by atoms with E-state index in [-0.39, 0.29) is 44.2 Å². The molecular formula is C22H20F4N2O4. The van der Waals surface area contributed by atoms with Crippen LogP contribution in [0.25, 0.3) is 0 Å². The van der Waals surface area contributed by atoms with Crippen molar-refractivity contribution in [2.45, 2.75) is 25.2 Å². The van der Waals surface area contributed by atoms with Gasteiger partial charge in [0.2, 0.25) is 5.91 Å². The van der Waals surface area contributed by atoms with Gasteiger partial charge in [0.15, 0.2) is 0 Å². The van der Waals surface area contributed by atoms with Crippen LogP contribution in [0, 0.1) is 5.82 Å². The lowest BCUT2D eigenvalue weighted by molar-refractivity contribution is -0.141. The molecule has 1 atom stereocenters. The van der Waals surface area contributed by atoms with E-state index in [1.165, 1.54) is 9.80 Å². The van der Waals surface area contributed by atoms with Crippen LogP contribution in [0.15, 0.2) is 42.5 Å². The molecule has 10 heteroatoms. The molecule has 32 heavy (non-hydrogen) atoms. The summed E-state index contributed by atoms with van der Waals surface area (Å²) in [7, 11) is 0. The fraction of sp³-hybridized carbons (Fsp3) is 0.364. The summed E-state index contributed by atoms with van der Waals surface area (Å²) < 4.78 is 63.8. The number of rotatable bonds is 3. The van der Waals surface area contributed by atoms with Crippen molar-refractivity contribution in [1.82, 2.24) is 9.80 Å². The molecule has 0 saturated carbocycles. The van der Waals surface area contributed by atoms with Crippen molar-refractivity contribution >= 4 is 12.0 Å². The fourth-order valence-electron chi connectivity index (χ4n) is 3.91. The normalized spacial score (nSPS) is 18.8. The molecule has 2 heterocycles. The number of fused-ring (bicyclic) bond motifs is 1. The molecule has 0 aromatic heterocycles. The van der Waals surface area contributed by atoms with Gasteiger partial charge < -0.3 is 14.4 Å². The first kappa shape index (κ1) is 21.9. The lowest BCUT2D eigenvalue weighted by atomic mass is 9.96. The predicted molar refractivity (Wildman–Crippen MR) is 104 cm³/mol. The third-order valence-electron chi connectivity index (χ3n) is 5.51. The van der Waals surface area contributed by atoms with Gasteiger partial charge in [0.1, 0.15) is 24.7 Å². The third kappa shape index (κ3) is 4.49. The second kappa shape index (κ2) is 8.68. The van der Waals surface area contributed by atoms with Gasteiger partial charge in [0, 0.05) is 25.1 Å². The Morgan fingerprint density at radius 1 is 1.16 bits per heavy atom. The largest absolute Gasteiger partial charge is 0.493 e. The number of hydrogen-bond acceptors (Lipinski definition) is 4. The number of hydrogen-bond donors (Lipinski definition) is 0. The van der Waals surface area contributed by atoms with Crippen LogP contribution in [-0.2, 0) is 22.3 Å². The van der Waals surface area contributed by atoms with E-state index < -0.39 is 35.6 Å². The summed E-state index contributed by atoms with van der Waals surface area (Å²) in [6.07, 6.45) is -5.17. The average Bonchev–Trinajstić information content (AvgIpc) is 2.76. The zero-order valence-electron chi connectivity index (χ0n) is 16.9. The summed E-state index contributed by atoms with van der Waals surface area (Å²) in [5.74, 6) is -1.90. The van der Waals surface area contributed by atoms with E-state index in [9.17, 15) is 27.2 Å². The maximum absolute atomic E-state index is 14.2. The van der Waals surface area contributed by atoms with Crippen LogP contribution < -0.4 is 4.74 Å². The SMILES string of the molecule is O=C(OCc1ccccc1)N1CCN(C2CCOc3cc(C(F)(F)F)c(F)cc32)C(=O)C1. The summed E-state index contributed by atoms with van der Waals surface area (Å²) in [4.78, 5) is 27.8. The van der Waals surface area contributed by atoms with Crippen LogP contribution in [0.4, 0.5) is 22.4 Å². The second-order valence-electron chi connectivity index (χ2n) is 7.57. The molecule has 2 aliphatic rings. The number of carbonyl (C=O) groups is 2. The predicted octanol–water partition coefficient (Wildman–Crippen LogP) is 4.15. The van der Waals surface area contributed by atoms with E-state index in [0.29, 0.717) is 12.5 Å². The summed E-state index contributed by atoms with van der Waals surface area (Å²) in [5, 5.41) is 0. The minimum absolute atomic E-state index is 0.0717. The number of carbonyl (C=O) groups excluding carboxylic acids is 2. The quantitative estimate of drug-likeness (QED) is 0.657. The Bertz CT molecular complexity index is 1010. The molecule has 0 N–H and O–H groups in total. The van der Waals surface area contributed by atoms with E-state index in [1.54, 1.807) is 0 Å². The summed E-state index contributed by atoms with van der Waals surface area (Å²) >= 11 is 0. The topological polar surface area (TPSA) is 59.1 Å². The number of benzene rings is 2. The Morgan fingerprint density at radius 3 is 2.59 bits per heavy atom. The molecule has 1 fully saturated rings. The standard InChI is InChI=1S/C22H20F4N2O4/c23-17-10-15-18(6-9-31-19(15)11-16(17)22(24,25)26)28-8-7-27(12-20(28)29)21(30)32-13-14-4-2-1-3-5-14/h1-5,10-11,18H,6-9,12-13H2. The highest BCUT2D eigenvalue weighted by molar-refractivity contribution is 5.84. The number of alkyl halides is 3. The molecule has 0 bridgehead atoms. The van der Waals surface area contributed by atoms with E-state index in [4.69, 9.17) is 9.47 Å². The molecule has 0 spiro atoms. The van der Waals surface area contributed by atoms with Gasteiger partial charge in [-0.15, -0.1) is 0 Å². The zero-order chi connectivity index (χ0) is 22.9. The number of piperazine rings is 1. The number of nitrogens with zero attached hydrogens (tertiary/aromatic N) is 2. The molecule has 2 aliphatic heterocycles. The van der Waals surface area contributed by atoms with Crippen molar-refractivity contribution in [3.05, 3.63) is 65.0 Å². The molecule has 6 nitrogen and oxygen atoms in total. The first-order chi connectivity index (χ1) is 15.2. The minimum atomic E-state index is -4.85. The molecule has 4 rings (SSSR count). The molecule has 2 aromatic rings. The van der Waals surface area contributed by atoms with Gasteiger partial charge in [-0.2, -0.15) is 13.2 Å². The molecule has 2 amide bonds. The van der Waals surface area contributed by atoms with Gasteiger partial charge in [-0.1, -0.05) is 30.3 Å². The van der Waals surface area contributed by atoms with Crippen molar-refractivity contribution in [3.8, 4) is 5.75 Å². The molecule has 1 saturated heterocycles. The van der Waals surface area contributed by atoms with Gasteiger partial charge >= 0.3 is 12.3 Å². The van der Waals surface area contributed by atoms with E-state index in [0.717, 1.165) is 11.6 Å². The van der Waals surface area contributed by atoms with Gasteiger partial charge in [0.25, 0.3) is 0 Å². The third-order valence-corrected chi connectivity index (χ3v) is 5.51. The smallest absolute Gasteiger partial charge is 0.419 e. The first-order valence-corrected chi connectivity index (χ1v) is 10.0. The minimum Gasteiger partial charge on any atom is -0.493 e. The summed E-state index contributed by atoms with van der Waals surface area (Å²) in [6, 6.07) is 9.88. The van der Waals surface area contributed by atoms with Crippen LogP contribution in [0.5, 0.6) is 5.75 Å². The van der Waals surface area contributed by atoms with E-state index in [1.807, 2.05) is 30.3 Å². The van der Waals surface area contributed by atoms with Gasteiger partial charge in [-0.05, 0) is 17.7 Å². The molecule has 0 radical (unpaired) electrons. The molecule has 1 unspecified atom stereocenters. The maximum Gasteiger partial charge on any atom is 0.419 e. The summed E-state index contributed by atoms with van der Waals surface area (Å²) in [5.41, 5.74) is -0.408.